The largest absolute Gasteiger partial charge is 0.383 e. The Bertz CT molecular complexity index is 891. The summed E-state index contributed by atoms with van der Waals surface area (Å²) >= 11 is 6.37. The Kier molecular flexibility index (Phi) is 4.35. The van der Waals surface area contributed by atoms with E-state index in [4.69, 9.17) is 17.3 Å². The second kappa shape index (κ2) is 6.77. The third-order valence-corrected chi connectivity index (χ3v) is 7.48. The fraction of sp³-hybridized carbons (Fsp3) is 0.478. The lowest BCUT2D eigenvalue weighted by atomic mass is 9.49. The molecule has 1 aromatic carbocycles. The van der Waals surface area contributed by atoms with E-state index in [0.29, 0.717) is 21.8 Å². The maximum Gasteiger partial charge on any atom is 0.252 e. The molecule has 5 heteroatoms. The van der Waals surface area contributed by atoms with Crippen LogP contribution in [0.1, 0.15) is 48.9 Å². The van der Waals surface area contributed by atoms with Gasteiger partial charge in [-0.25, -0.2) is 4.98 Å². The fourth-order valence-electron chi connectivity index (χ4n) is 6.40. The van der Waals surface area contributed by atoms with Crippen molar-refractivity contribution in [1.82, 2.24) is 10.3 Å². The zero-order valence-electron chi connectivity index (χ0n) is 16.0. The second-order valence-corrected chi connectivity index (χ2v) is 9.64. The van der Waals surface area contributed by atoms with Crippen molar-refractivity contribution in [1.29, 1.82) is 0 Å². The van der Waals surface area contributed by atoms with Gasteiger partial charge in [0.1, 0.15) is 5.82 Å². The number of anilines is 1. The van der Waals surface area contributed by atoms with Crippen molar-refractivity contribution >= 4 is 23.3 Å². The Morgan fingerprint density at radius 2 is 1.82 bits per heavy atom. The number of amides is 1. The molecule has 3 N–H and O–H groups in total. The summed E-state index contributed by atoms with van der Waals surface area (Å²) in [6, 6.07) is 9.22. The van der Waals surface area contributed by atoms with Crippen LogP contribution >= 0.6 is 11.6 Å². The molecule has 0 radical (unpaired) electrons. The average molecular weight is 396 g/mol. The van der Waals surface area contributed by atoms with Crippen LogP contribution in [-0.2, 0) is 0 Å². The van der Waals surface area contributed by atoms with Gasteiger partial charge in [0.15, 0.2) is 0 Å². The van der Waals surface area contributed by atoms with E-state index in [0.717, 1.165) is 35.4 Å². The van der Waals surface area contributed by atoms with Crippen LogP contribution < -0.4 is 11.1 Å². The Labute approximate surface area is 170 Å². The minimum absolute atomic E-state index is 0.0925. The van der Waals surface area contributed by atoms with Crippen LogP contribution in [-0.4, -0.2) is 17.4 Å². The molecule has 4 aliphatic carbocycles. The lowest BCUT2D eigenvalue weighted by Crippen LogP contribution is -2.51. The number of halogens is 1. The summed E-state index contributed by atoms with van der Waals surface area (Å²) in [5.41, 5.74) is 8.49. The van der Waals surface area contributed by atoms with Crippen molar-refractivity contribution in [2.45, 2.75) is 38.5 Å². The Morgan fingerprint density at radius 3 is 2.46 bits per heavy atom. The minimum Gasteiger partial charge on any atom is -0.383 e. The van der Waals surface area contributed by atoms with Crippen molar-refractivity contribution < 1.29 is 4.79 Å². The van der Waals surface area contributed by atoms with Crippen LogP contribution in [0.3, 0.4) is 0 Å². The van der Waals surface area contributed by atoms with Gasteiger partial charge in [0, 0.05) is 18.3 Å². The summed E-state index contributed by atoms with van der Waals surface area (Å²) in [6.45, 7) is 0.769. The monoisotopic (exact) mass is 395 g/mol. The highest BCUT2D eigenvalue weighted by Crippen LogP contribution is 2.59. The van der Waals surface area contributed by atoms with Crippen molar-refractivity contribution in [3.8, 4) is 11.1 Å². The number of carbonyl (C=O) groups excluding carboxylic acids is 1. The van der Waals surface area contributed by atoms with Gasteiger partial charge in [0.05, 0.1) is 10.6 Å². The molecule has 4 nitrogen and oxygen atoms in total. The Morgan fingerprint density at radius 1 is 1.14 bits per heavy atom. The highest BCUT2D eigenvalue weighted by Gasteiger charge is 2.50. The molecule has 0 saturated heterocycles. The van der Waals surface area contributed by atoms with E-state index in [9.17, 15) is 4.79 Å². The Hall–Kier alpha value is -2.07. The van der Waals surface area contributed by atoms with E-state index in [1.54, 1.807) is 12.3 Å². The van der Waals surface area contributed by atoms with E-state index < -0.39 is 0 Å². The van der Waals surface area contributed by atoms with E-state index in [1.165, 1.54) is 38.5 Å². The number of carbonyl (C=O) groups is 1. The summed E-state index contributed by atoms with van der Waals surface area (Å²) in [6.07, 6.45) is 9.72. The number of nitrogens with two attached hydrogens (primary N) is 1. The van der Waals surface area contributed by atoms with Crippen LogP contribution in [0.4, 0.5) is 5.82 Å². The van der Waals surface area contributed by atoms with Crippen molar-refractivity contribution in [3.05, 3.63) is 47.1 Å². The zero-order valence-corrected chi connectivity index (χ0v) is 16.7. The number of pyridine rings is 1. The number of hydrogen-bond acceptors (Lipinski definition) is 3. The van der Waals surface area contributed by atoms with Gasteiger partial charge in [-0.15, -0.1) is 0 Å². The lowest BCUT2D eigenvalue weighted by Gasteiger charge is -2.56. The number of hydrogen-bond donors (Lipinski definition) is 2. The van der Waals surface area contributed by atoms with Gasteiger partial charge in [0.2, 0.25) is 0 Å². The summed E-state index contributed by atoms with van der Waals surface area (Å²) in [5, 5.41) is 3.69. The molecule has 4 saturated carbocycles. The maximum absolute atomic E-state index is 13.0. The summed E-state index contributed by atoms with van der Waals surface area (Å²) in [7, 11) is 0. The van der Waals surface area contributed by atoms with Crippen LogP contribution in [0.25, 0.3) is 11.1 Å². The van der Waals surface area contributed by atoms with E-state index in [-0.39, 0.29) is 5.91 Å². The number of nitrogens with one attached hydrogen (secondary N) is 1. The van der Waals surface area contributed by atoms with Gasteiger partial charge in [0.25, 0.3) is 5.91 Å². The van der Waals surface area contributed by atoms with E-state index in [1.807, 2.05) is 24.3 Å². The molecule has 1 amide bonds. The van der Waals surface area contributed by atoms with Gasteiger partial charge in [-0.05, 0) is 91.5 Å². The molecule has 4 aliphatic rings. The number of benzene rings is 1. The molecular weight excluding hydrogens is 370 g/mol. The summed E-state index contributed by atoms with van der Waals surface area (Å²) in [5.74, 6) is 2.99. The topological polar surface area (TPSA) is 68.0 Å². The molecule has 0 unspecified atom stereocenters. The number of aromatic nitrogens is 1. The van der Waals surface area contributed by atoms with E-state index in [2.05, 4.69) is 10.3 Å². The number of nitrogen functional groups attached to an aromatic ring is 1. The first-order chi connectivity index (χ1) is 13.5. The van der Waals surface area contributed by atoms with Gasteiger partial charge in [-0.2, -0.15) is 0 Å². The summed E-state index contributed by atoms with van der Waals surface area (Å²) < 4.78 is 0. The fourth-order valence-corrected chi connectivity index (χ4v) is 6.60. The standard InChI is InChI=1S/C23H26ClN3O/c24-20-4-3-17(18-2-1-5-26-21(18)25)9-19(20)22(28)27-13-23-10-14-6-15(11-23)8-16(7-14)12-23/h1-5,9,14-16H,6-8,10-13H2,(H2,25,26)(H,27,28). The van der Waals surface area contributed by atoms with Crippen LogP contribution in [0, 0.1) is 23.2 Å². The average Bonchev–Trinajstić information content (AvgIpc) is 2.66. The third-order valence-electron chi connectivity index (χ3n) is 7.15. The van der Waals surface area contributed by atoms with E-state index >= 15 is 0 Å². The predicted octanol–water partition coefficient (Wildman–Crippen LogP) is 4.93. The molecule has 1 heterocycles. The molecule has 146 valence electrons. The Balaban J connectivity index is 1.34. The minimum atomic E-state index is -0.0925. The van der Waals surface area contributed by atoms with Gasteiger partial charge < -0.3 is 11.1 Å². The highest BCUT2D eigenvalue weighted by molar-refractivity contribution is 6.34. The zero-order chi connectivity index (χ0) is 19.3. The molecule has 0 aliphatic heterocycles. The SMILES string of the molecule is Nc1ncccc1-c1ccc(Cl)c(C(=O)NCC23CC4CC(CC(C4)C2)C3)c1. The van der Waals surface area contributed by atoms with Crippen molar-refractivity contribution in [2.75, 3.05) is 12.3 Å². The maximum atomic E-state index is 13.0. The number of nitrogens with zero attached hydrogens (tertiary/aromatic N) is 1. The predicted molar refractivity (Wildman–Crippen MR) is 112 cm³/mol. The highest BCUT2D eigenvalue weighted by atomic mass is 35.5. The van der Waals surface area contributed by atoms with Crippen LogP contribution in [0.15, 0.2) is 36.5 Å². The molecule has 6 rings (SSSR count). The molecule has 4 bridgehead atoms. The molecule has 0 atom stereocenters. The third kappa shape index (κ3) is 3.18. The van der Waals surface area contributed by atoms with Gasteiger partial charge in [-0.1, -0.05) is 17.7 Å². The van der Waals surface area contributed by atoms with Gasteiger partial charge in [-0.3, -0.25) is 4.79 Å². The quantitative estimate of drug-likeness (QED) is 0.771. The first-order valence-electron chi connectivity index (χ1n) is 10.3. The molecule has 28 heavy (non-hydrogen) atoms. The first kappa shape index (κ1) is 18.0. The van der Waals surface area contributed by atoms with Crippen LogP contribution in [0.5, 0.6) is 0 Å². The molecule has 1 aromatic heterocycles. The van der Waals surface area contributed by atoms with Crippen molar-refractivity contribution in [2.24, 2.45) is 23.2 Å². The lowest BCUT2D eigenvalue weighted by molar-refractivity contribution is -0.0503. The summed E-state index contributed by atoms with van der Waals surface area (Å²) in [4.78, 5) is 17.1. The van der Waals surface area contributed by atoms with Crippen LogP contribution in [0.2, 0.25) is 5.02 Å². The molecule has 4 fully saturated rings. The second-order valence-electron chi connectivity index (χ2n) is 9.23. The molecular formula is C23H26ClN3O. The first-order valence-corrected chi connectivity index (χ1v) is 10.7. The smallest absolute Gasteiger partial charge is 0.252 e. The molecule has 0 spiro atoms. The van der Waals surface area contributed by atoms with Crippen molar-refractivity contribution in [3.63, 3.8) is 0 Å². The number of rotatable bonds is 4. The normalized spacial score (nSPS) is 30.4. The van der Waals surface area contributed by atoms with Gasteiger partial charge >= 0.3 is 0 Å². The molecule has 2 aromatic rings.